The minimum absolute atomic E-state index is 0.0193. The van der Waals surface area contributed by atoms with Gasteiger partial charge in [-0.15, -0.1) is 0 Å². The van der Waals surface area contributed by atoms with Gasteiger partial charge in [0.15, 0.2) is 0 Å². The number of carbonyl (C=O) groups is 2. The van der Waals surface area contributed by atoms with Crippen molar-refractivity contribution >= 4 is 11.9 Å². The Morgan fingerprint density at radius 1 is 1.11 bits per heavy atom. The van der Waals surface area contributed by atoms with Crippen LogP contribution in [-0.4, -0.2) is 22.2 Å². The molecule has 0 saturated carbocycles. The summed E-state index contributed by atoms with van der Waals surface area (Å²) < 4.78 is 0. The van der Waals surface area contributed by atoms with Gasteiger partial charge in [0, 0.05) is 0 Å². The molecule has 1 unspecified atom stereocenters. The zero-order valence-electron chi connectivity index (χ0n) is 11.7. The molecule has 0 aromatic rings. The van der Waals surface area contributed by atoms with Crippen LogP contribution in [0.4, 0.5) is 0 Å². The molecule has 106 valence electrons. The van der Waals surface area contributed by atoms with E-state index in [4.69, 9.17) is 10.2 Å². The number of carboxylic acid groups (broad SMARTS) is 2. The van der Waals surface area contributed by atoms with Gasteiger partial charge in [-0.25, -0.2) is 0 Å². The zero-order valence-corrected chi connectivity index (χ0v) is 11.7. The topological polar surface area (TPSA) is 74.6 Å². The first kappa shape index (κ1) is 16.9. The highest BCUT2D eigenvalue weighted by Crippen LogP contribution is 2.39. The maximum absolute atomic E-state index is 11.2. The van der Waals surface area contributed by atoms with Crippen LogP contribution in [0.1, 0.15) is 65.7 Å². The smallest absolute Gasteiger partial charge is 0.307 e. The molecule has 0 aromatic carbocycles. The number of aliphatic carboxylic acids is 2. The molecule has 0 spiro atoms. The lowest BCUT2D eigenvalue weighted by Crippen LogP contribution is -2.28. The Bertz CT molecular complexity index is 269. The van der Waals surface area contributed by atoms with Gasteiger partial charge in [0.25, 0.3) is 0 Å². The molecule has 0 rings (SSSR count). The fourth-order valence-corrected chi connectivity index (χ4v) is 2.53. The first-order valence-corrected chi connectivity index (χ1v) is 6.85. The van der Waals surface area contributed by atoms with Crippen molar-refractivity contribution in [3.8, 4) is 0 Å². The third-order valence-electron chi connectivity index (χ3n) is 4.01. The predicted octanol–water partition coefficient (Wildman–Crippen LogP) is 3.55. The van der Waals surface area contributed by atoms with Crippen molar-refractivity contribution in [2.75, 3.05) is 0 Å². The number of unbranched alkanes of at least 4 members (excludes halogenated alkanes) is 1. The molecule has 0 amide bonds. The molecular weight excluding hydrogens is 232 g/mol. The zero-order chi connectivity index (χ0) is 14.2. The van der Waals surface area contributed by atoms with Gasteiger partial charge in [-0.3, -0.25) is 9.59 Å². The molecule has 0 aliphatic rings. The van der Waals surface area contributed by atoms with Crippen LogP contribution in [0, 0.1) is 11.3 Å². The molecule has 0 saturated heterocycles. The fourth-order valence-electron chi connectivity index (χ4n) is 2.53. The SMILES string of the molecule is CCCCC(CC)(CC)CC(CC(=O)O)C(=O)O. The molecule has 0 aromatic heterocycles. The standard InChI is InChI=1S/C14H26O4/c1-4-7-8-14(5-2,6-3)10-11(13(17)18)9-12(15)16/h11H,4-10H2,1-3H3,(H,15,16)(H,17,18). The molecule has 2 N–H and O–H groups in total. The molecule has 0 aliphatic carbocycles. The van der Waals surface area contributed by atoms with Gasteiger partial charge in [0.05, 0.1) is 12.3 Å². The summed E-state index contributed by atoms with van der Waals surface area (Å²) in [6, 6.07) is 0. The first-order valence-electron chi connectivity index (χ1n) is 6.85. The van der Waals surface area contributed by atoms with Crippen molar-refractivity contribution in [1.82, 2.24) is 0 Å². The Hall–Kier alpha value is -1.06. The molecule has 4 heteroatoms. The Labute approximate surface area is 109 Å². The Kier molecular flexibility index (Phi) is 7.64. The van der Waals surface area contributed by atoms with E-state index in [1.54, 1.807) is 0 Å². The highest BCUT2D eigenvalue weighted by Gasteiger charge is 2.33. The van der Waals surface area contributed by atoms with Crippen molar-refractivity contribution in [3.05, 3.63) is 0 Å². The third-order valence-corrected chi connectivity index (χ3v) is 4.01. The maximum atomic E-state index is 11.2. The summed E-state index contributed by atoms with van der Waals surface area (Å²) in [7, 11) is 0. The molecule has 4 nitrogen and oxygen atoms in total. The minimum Gasteiger partial charge on any atom is -0.481 e. The van der Waals surface area contributed by atoms with Crippen molar-refractivity contribution < 1.29 is 19.8 Å². The Balaban J connectivity index is 4.78. The van der Waals surface area contributed by atoms with E-state index in [9.17, 15) is 9.59 Å². The molecule has 1 atom stereocenters. The van der Waals surface area contributed by atoms with Crippen LogP contribution in [0.3, 0.4) is 0 Å². The molecule has 18 heavy (non-hydrogen) atoms. The van der Waals surface area contributed by atoms with Crippen LogP contribution in [0.5, 0.6) is 0 Å². The van der Waals surface area contributed by atoms with Gasteiger partial charge in [0.1, 0.15) is 0 Å². The van der Waals surface area contributed by atoms with Crippen LogP contribution in [0.2, 0.25) is 0 Å². The predicted molar refractivity (Wildman–Crippen MR) is 70.5 cm³/mol. The van der Waals surface area contributed by atoms with Gasteiger partial charge in [-0.1, -0.05) is 46.5 Å². The highest BCUT2D eigenvalue weighted by molar-refractivity contribution is 5.77. The van der Waals surface area contributed by atoms with Gasteiger partial charge < -0.3 is 10.2 Å². The van der Waals surface area contributed by atoms with E-state index in [-0.39, 0.29) is 11.8 Å². The number of rotatable bonds is 10. The minimum atomic E-state index is -1.03. The van der Waals surface area contributed by atoms with Crippen LogP contribution < -0.4 is 0 Å². The summed E-state index contributed by atoms with van der Waals surface area (Å²) >= 11 is 0. The summed E-state index contributed by atoms with van der Waals surface area (Å²) in [6.07, 6.45) is 5.16. The maximum Gasteiger partial charge on any atom is 0.307 e. The lowest BCUT2D eigenvalue weighted by molar-refractivity contribution is -0.149. The second kappa shape index (κ2) is 8.11. The monoisotopic (exact) mass is 258 g/mol. The second-order valence-corrected chi connectivity index (χ2v) is 5.15. The third kappa shape index (κ3) is 5.52. The summed E-state index contributed by atoms with van der Waals surface area (Å²) in [4.78, 5) is 21.9. The average molecular weight is 258 g/mol. The summed E-state index contributed by atoms with van der Waals surface area (Å²) in [5, 5.41) is 17.9. The van der Waals surface area contributed by atoms with E-state index in [2.05, 4.69) is 20.8 Å². The van der Waals surface area contributed by atoms with Crippen molar-refractivity contribution in [2.24, 2.45) is 11.3 Å². The number of hydrogen-bond acceptors (Lipinski definition) is 2. The molecule has 0 aliphatic heterocycles. The summed E-state index contributed by atoms with van der Waals surface area (Å²) in [5.41, 5.74) is -0.0193. The Morgan fingerprint density at radius 2 is 1.67 bits per heavy atom. The largest absolute Gasteiger partial charge is 0.481 e. The van der Waals surface area contributed by atoms with Gasteiger partial charge in [-0.05, 0) is 18.3 Å². The van der Waals surface area contributed by atoms with E-state index in [0.717, 1.165) is 32.1 Å². The van der Waals surface area contributed by atoms with E-state index in [1.165, 1.54) is 0 Å². The van der Waals surface area contributed by atoms with E-state index in [1.807, 2.05) is 0 Å². The average Bonchev–Trinajstić information content (AvgIpc) is 2.32. The fraction of sp³-hybridized carbons (Fsp3) is 0.857. The van der Waals surface area contributed by atoms with Gasteiger partial charge in [-0.2, -0.15) is 0 Å². The van der Waals surface area contributed by atoms with Crippen molar-refractivity contribution in [1.29, 1.82) is 0 Å². The van der Waals surface area contributed by atoms with E-state index in [0.29, 0.717) is 6.42 Å². The second-order valence-electron chi connectivity index (χ2n) is 5.15. The number of carboxylic acids is 2. The lowest BCUT2D eigenvalue weighted by Gasteiger charge is -2.34. The van der Waals surface area contributed by atoms with Crippen molar-refractivity contribution in [3.63, 3.8) is 0 Å². The summed E-state index contributed by atoms with van der Waals surface area (Å²) in [5.74, 6) is -2.78. The molecule has 0 bridgehead atoms. The molecule has 0 radical (unpaired) electrons. The van der Waals surface area contributed by atoms with Crippen LogP contribution in [0.25, 0.3) is 0 Å². The van der Waals surface area contributed by atoms with Crippen LogP contribution in [0.15, 0.2) is 0 Å². The normalized spacial score (nSPS) is 13.3. The lowest BCUT2D eigenvalue weighted by atomic mass is 9.71. The van der Waals surface area contributed by atoms with E-state index >= 15 is 0 Å². The number of hydrogen-bond donors (Lipinski definition) is 2. The summed E-state index contributed by atoms with van der Waals surface area (Å²) in [6.45, 7) is 6.25. The van der Waals surface area contributed by atoms with E-state index < -0.39 is 17.9 Å². The Morgan fingerprint density at radius 3 is 2.00 bits per heavy atom. The molecule has 0 heterocycles. The first-order chi connectivity index (χ1) is 8.40. The van der Waals surface area contributed by atoms with Crippen molar-refractivity contribution in [2.45, 2.75) is 65.7 Å². The molecule has 0 fully saturated rings. The van der Waals surface area contributed by atoms with Crippen LogP contribution in [-0.2, 0) is 9.59 Å². The molecular formula is C14H26O4. The highest BCUT2D eigenvalue weighted by atomic mass is 16.4. The quantitative estimate of drug-likeness (QED) is 0.628. The van der Waals surface area contributed by atoms with Gasteiger partial charge >= 0.3 is 11.9 Å². The van der Waals surface area contributed by atoms with Crippen LogP contribution >= 0.6 is 0 Å². The van der Waals surface area contributed by atoms with Gasteiger partial charge in [0.2, 0.25) is 0 Å².